The van der Waals surface area contributed by atoms with E-state index in [-0.39, 0.29) is 5.75 Å². The fourth-order valence-electron chi connectivity index (χ4n) is 3.36. The van der Waals surface area contributed by atoms with E-state index in [2.05, 4.69) is 10.5 Å². The number of amides is 1. The highest BCUT2D eigenvalue weighted by Crippen LogP contribution is 2.36. The lowest BCUT2D eigenvalue weighted by molar-refractivity contribution is 0.0955. The van der Waals surface area contributed by atoms with Crippen LogP contribution in [-0.4, -0.2) is 17.2 Å². The molecule has 0 spiro atoms. The van der Waals surface area contributed by atoms with E-state index in [1.807, 2.05) is 0 Å². The number of aromatic hydroxyl groups is 1. The molecule has 1 aliphatic carbocycles. The zero-order chi connectivity index (χ0) is 18.1. The molecular formula is C20H17ClN2O3. The molecule has 2 N–H and O–H groups in total. The van der Waals surface area contributed by atoms with Crippen molar-refractivity contribution in [3.63, 3.8) is 0 Å². The molecule has 26 heavy (non-hydrogen) atoms. The van der Waals surface area contributed by atoms with Gasteiger partial charge in [0, 0.05) is 22.9 Å². The molecule has 3 aromatic rings. The van der Waals surface area contributed by atoms with Crippen LogP contribution in [-0.2, 0) is 12.8 Å². The summed E-state index contributed by atoms with van der Waals surface area (Å²) in [4.78, 5) is 12.2. The van der Waals surface area contributed by atoms with E-state index in [4.69, 9.17) is 16.0 Å². The zero-order valence-corrected chi connectivity index (χ0v) is 14.7. The molecule has 4 rings (SSSR count). The first kappa shape index (κ1) is 16.7. The smallest absolute Gasteiger partial charge is 0.272 e. The van der Waals surface area contributed by atoms with Gasteiger partial charge in [-0.2, -0.15) is 5.10 Å². The summed E-state index contributed by atoms with van der Waals surface area (Å²) in [6.07, 6.45) is 5.48. The molecule has 1 aromatic heterocycles. The lowest BCUT2D eigenvalue weighted by Crippen LogP contribution is -2.18. The second-order valence-corrected chi connectivity index (χ2v) is 6.67. The van der Waals surface area contributed by atoms with Gasteiger partial charge in [0.2, 0.25) is 0 Å². The number of fused-ring (bicyclic) bond motifs is 3. The predicted molar refractivity (Wildman–Crippen MR) is 101 cm³/mol. The molecule has 6 heteroatoms. The number of benzene rings is 2. The van der Waals surface area contributed by atoms with Crippen molar-refractivity contribution in [2.45, 2.75) is 25.7 Å². The van der Waals surface area contributed by atoms with Crippen molar-refractivity contribution < 1.29 is 14.3 Å². The van der Waals surface area contributed by atoms with Crippen LogP contribution in [0.15, 0.2) is 45.9 Å². The number of carbonyl (C=O) groups excluding carboxylic acids is 1. The number of aryl methyl sites for hydroxylation is 2. The number of carbonyl (C=O) groups is 1. The Morgan fingerprint density at radius 3 is 2.85 bits per heavy atom. The van der Waals surface area contributed by atoms with E-state index in [0.717, 1.165) is 48.0 Å². The van der Waals surface area contributed by atoms with Crippen molar-refractivity contribution in [3.8, 4) is 5.75 Å². The highest BCUT2D eigenvalue weighted by molar-refractivity contribution is 6.33. The normalized spacial score (nSPS) is 13.9. The molecule has 0 saturated heterocycles. The number of phenolic OH excluding ortho intramolecular Hbond substituents is 1. The Bertz CT molecular complexity index is 1020. The summed E-state index contributed by atoms with van der Waals surface area (Å²) < 4.78 is 5.92. The molecule has 0 bridgehead atoms. The largest absolute Gasteiger partial charge is 0.507 e. The Labute approximate surface area is 155 Å². The van der Waals surface area contributed by atoms with Crippen LogP contribution in [0.1, 0.15) is 40.1 Å². The third-order valence-electron chi connectivity index (χ3n) is 4.61. The molecule has 0 radical (unpaired) electrons. The van der Waals surface area contributed by atoms with Crippen LogP contribution in [0.3, 0.4) is 0 Å². The number of nitrogens with one attached hydrogen (secondary N) is 1. The van der Waals surface area contributed by atoms with E-state index >= 15 is 0 Å². The summed E-state index contributed by atoms with van der Waals surface area (Å²) in [7, 11) is 0. The Balaban J connectivity index is 1.65. The average Bonchev–Trinajstić information content (AvgIpc) is 3.02. The minimum atomic E-state index is -0.410. The molecule has 132 valence electrons. The number of phenols is 1. The third kappa shape index (κ3) is 2.95. The minimum Gasteiger partial charge on any atom is -0.507 e. The van der Waals surface area contributed by atoms with Crippen LogP contribution in [0.2, 0.25) is 5.02 Å². The number of nitrogens with zero attached hydrogens (tertiary/aromatic N) is 1. The molecule has 1 aliphatic rings. The van der Waals surface area contributed by atoms with Crippen molar-refractivity contribution in [2.24, 2.45) is 5.10 Å². The molecule has 0 saturated carbocycles. The first-order valence-electron chi connectivity index (χ1n) is 8.49. The average molecular weight is 369 g/mol. The molecule has 1 heterocycles. The number of halogens is 1. The van der Waals surface area contributed by atoms with E-state index < -0.39 is 5.91 Å². The fraction of sp³-hybridized carbons (Fsp3) is 0.200. The van der Waals surface area contributed by atoms with Crippen molar-refractivity contribution in [1.29, 1.82) is 0 Å². The van der Waals surface area contributed by atoms with Crippen LogP contribution in [0.4, 0.5) is 0 Å². The van der Waals surface area contributed by atoms with E-state index in [1.165, 1.54) is 6.21 Å². The molecule has 5 nitrogen and oxygen atoms in total. The summed E-state index contributed by atoms with van der Waals surface area (Å²) in [6, 6.07) is 10.1. The number of hydrazone groups is 1. The van der Waals surface area contributed by atoms with Gasteiger partial charge in [-0.05, 0) is 43.5 Å². The SMILES string of the molecule is O=C(N/N=C\c1c(O)ccc2oc3c(c12)CCCC3)c1ccccc1Cl. The Morgan fingerprint density at radius 2 is 2.00 bits per heavy atom. The van der Waals surface area contributed by atoms with Crippen LogP contribution < -0.4 is 5.43 Å². The first-order valence-corrected chi connectivity index (χ1v) is 8.87. The maximum absolute atomic E-state index is 12.2. The first-order chi connectivity index (χ1) is 12.6. The lowest BCUT2D eigenvalue weighted by Gasteiger charge is -2.09. The maximum atomic E-state index is 12.2. The summed E-state index contributed by atoms with van der Waals surface area (Å²) >= 11 is 6.02. The second kappa shape index (κ2) is 6.84. The Kier molecular flexibility index (Phi) is 4.39. The van der Waals surface area contributed by atoms with Gasteiger partial charge in [0.15, 0.2) is 0 Å². The summed E-state index contributed by atoms with van der Waals surface area (Å²) in [5, 5.41) is 15.5. The van der Waals surface area contributed by atoms with Crippen LogP contribution in [0, 0.1) is 0 Å². The Hall–Kier alpha value is -2.79. The zero-order valence-electron chi connectivity index (χ0n) is 14.0. The quantitative estimate of drug-likeness (QED) is 0.530. The molecule has 0 aliphatic heterocycles. The molecule has 0 unspecified atom stereocenters. The van der Waals surface area contributed by atoms with Gasteiger partial charge in [0.05, 0.1) is 16.8 Å². The summed E-state index contributed by atoms with van der Waals surface area (Å²) in [6.45, 7) is 0. The van der Waals surface area contributed by atoms with Gasteiger partial charge in [-0.15, -0.1) is 0 Å². The number of hydrogen-bond acceptors (Lipinski definition) is 4. The number of hydrogen-bond donors (Lipinski definition) is 2. The minimum absolute atomic E-state index is 0.0995. The van der Waals surface area contributed by atoms with E-state index in [1.54, 1.807) is 36.4 Å². The fourth-order valence-corrected chi connectivity index (χ4v) is 3.59. The Morgan fingerprint density at radius 1 is 1.19 bits per heavy atom. The maximum Gasteiger partial charge on any atom is 0.272 e. The molecule has 2 aromatic carbocycles. The van der Waals surface area contributed by atoms with Crippen molar-refractivity contribution in [2.75, 3.05) is 0 Å². The van der Waals surface area contributed by atoms with Crippen LogP contribution in [0.25, 0.3) is 11.0 Å². The molecular weight excluding hydrogens is 352 g/mol. The van der Waals surface area contributed by atoms with Crippen LogP contribution in [0.5, 0.6) is 5.75 Å². The topological polar surface area (TPSA) is 74.8 Å². The van der Waals surface area contributed by atoms with E-state index in [9.17, 15) is 9.90 Å². The van der Waals surface area contributed by atoms with Gasteiger partial charge in [-0.1, -0.05) is 23.7 Å². The number of furan rings is 1. The molecule has 0 atom stereocenters. The van der Waals surface area contributed by atoms with Crippen molar-refractivity contribution >= 4 is 34.7 Å². The number of rotatable bonds is 3. The molecule has 0 fully saturated rings. The third-order valence-corrected chi connectivity index (χ3v) is 4.94. The molecule has 1 amide bonds. The van der Waals surface area contributed by atoms with Gasteiger partial charge in [-0.25, -0.2) is 5.43 Å². The van der Waals surface area contributed by atoms with Crippen molar-refractivity contribution in [1.82, 2.24) is 5.43 Å². The summed E-state index contributed by atoms with van der Waals surface area (Å²) in [5.41, 5.74) is 5.20. The van der Waals surface area contributed by atoms with Gasteiger partial charge < -0.3 is 9.52 Å². The highest BCUT2D eigenvalue weighted by atomic mass is 35.5. The highest BCUT2D eigenvalue weighted by Gasteiger charge is 2.21. The van der Waals surface area contributed by atoms with Gasteiger partial charge in [-0.3, -0.25) is 4.79 Å². The van der Waals surface area contributed by atoms with Crippen molar-refractivity contribution in [3.05, 3.63) is 63.9 Å². The lowest BCUT2D eigenvalue weighted by atomic mass is 9.94. The van der Waals surface area contributed by atoms with E-state index in [0.29, 0.717) is 16.1 Å². The standard InChI is InChI=1S/C20H17ClN2O3/c21-15-7-3-1-5-12(15)20(25)23-22-11-14-16(24)9-10-18-19(14)13-6-2-4-8-17(13)26-18/h1,3,5,7,9-11,24H,2,4,6,8H2,(H,23,25)/b22-11-. The summed E-state index contributed by atoms with van der Waals surface area (Å²) in [5.74, 6) is 0.668. The monoisotopic (exact) mass is 368 g/mol. The second-order valence-electron chi connectivity index (χ2n) is 6.26. The van der Waals surface area contributed by atoms with Crippen LogP contribution >= 0.6 is 11.6 Å². The van der Waals surface area contributed by atoms with Gasteiger partial charge in [0.1, 0.15) is 17.1 Å². The van der Waals surface area contributed by atoms with Gasteiger partial charge in [0.25, 0.3) is 5.91 Å². The predicted octanol–water partition coefficient (Wildman–Crippen LogP) is 4.43. The van der Waals surface area contributed by atoms with Gasteiger partial charge >= 0.3 is 0 Å².